The van der Waals surface area contributed by atoms with Crippen LogP contribution in [0.5, 0.6) is 0 Å². The molecule has 2 rings (SSSR count). The molecule has 1 aromatic rings. The summed E-state index contributed by atoms with van der Waals surface area (Å²) < 4.78 is 5.70. The highest BCUT2D eigenvalue weighted by molar-refractivity contribution is 5.85. The average molecular weight is 313 g/mol. The first-order chi connectivity index (χ1) is 9.75. The molecule has 1 aliphatic carbocycles. The van der Waals surface area contributed by atoms with Crippen LogP contribution in [0.25, 0.3) is 0 Å². The lowest BCUT2D eigenvalue weighted by Crippen LogP contribution is -2.43. The van der Waals surface area contributed by atoms with Gasteiger partial charge in [0.2, 0.25) is 5.91 Å². The van der Waals surface area contributed by atoms with Gasteiger partial charge in [0.1, 0.15) is 0 Å². The Morgan fingerprint density at radius 1 is 1.29 bits per heavy atom. The van der Waals surface area contributed by atoms with E-state index in [9.17, 15) is 4.79 Å². The molecule has 5 heteroatoms. The first-order valence-electron chi connectivity index (χ1n) is 7.44. The van der Waals surface area contributed by atoms with Crippen LogP contribution in [0.3, 0.4) is 0 Å². The fourth-order valence-electron chi connectivity index (χ4n) is 2.55. The maximum Gasteiger partial charge on any atom is 0.237 e. The average Bonchev–Trinajstić information content (AvgIpc) is 2.97. The van der Waals surface area contributed by atoms with Crippen LogP contribution in [0.15, 0.2) is 30.3 Å². The van der Waals surface area contributed by atoms with Gasteiger partial charge in [0.25, 0.3) is 0 Å². The van der Waals surface area contributed by atoms with Crippen molar-refractivity contribution in [2.24, 2.45) is 5.73 Å². The molecule has 1 atom stereocenters. The number of ether oxygens (including phenoxy) is 1. The van der Waals surface area contributed by atoms with E-state index in [1.165, 1.54) is 12.8 Å². The zero-order valence-corrected chi connectivity index (χ0v) is 13.1. The van der Waals surface area contributed by atoms with Gasteiger partial charge in [-0.2, -0.15) is 0 Å². The summed E-state index contributed by atoms with van der Waals surface area (Å²) in [6.45, 7) is 1.12. The number of carbonyl (C=O) groups excluding carboxylic acids is 1. The maximum atomic E-state index is 11.9. The van der Waals surface area contributed by atoms with Gasteiger partial charge in [0.15, 0.2) is 0 Å². The second-order valence-electron chi connectivity index (χ2n) is 5.36. The van der Waals surface area contributed by atoms with E-state index >= 15 is 0 Å². The molecular weight excluding hydrogens is 288 g/mol. The van der Waals surface area contributed by atoms with Crippen LogP contribution in [-0.4, -0.2) is 31.2 Å². The minimum absolute atomic E-state index is 0. The quantitative estimate of drug-likeness (QED) is 0.757. The molecule has 4 nitrogen and oxygen atoms in total. The van der Waals surface area contributed by atoms with Crippen molar-refractivity contribution < 1.29 is 9.53 Å². The summed E-state index contributed by atoms with van der Waals surface area (Å²) in [6.07, 6.45) is 5.79. The number of nitrogens with two attached hydrogens (primary N) is 1. The topological polar surface area (TPSA) is 64.4 Å². The second-order valence-corrected chi connectivity index (χ2v) is 5.36. The van der Waals surface area contributed by atoms with Crippen LogP contribution < -0.4 is 11.1 Å². The molecule has 0 unspecified atom stereocenters. The highest BCUT2D eigenvalue weighted by atomic mass is 35.5. The number of nitrogens with one attached hydrogen (secondary N) is 1. The standard InChI is InChI=1S/C16H24N2O2.ClH/c17-15(12-13-6-2-1-3-7-13)16(19)18-10-11-20-14-8-4-5-9-14;/h1-3,6-7,14-15H,4-5,8-12,17H2,(H,18,19);1H/t15-;/m0./s1. The lowest BCUT2D eigenvalue weighted by atomic mass is 10.1. The van der Waals surface area contributed by atoms with Crippen LogP contribution in [0, 0.1) is 0 Å². The molecule has 1 aliphatic rings. The third-order valence-electron chi connectivity index (χ3n) is 3.69. The summed E-state index contributed by atoms with van der Waals surface area (Å²) in [5.74, 6) is -0.108. The molecule has 21 heavy (non-hydrogen) atoms. The molecule has 1 saturated carbocycles. The predicted molar refractivity (Wildman–Crippen MR) is 86.6 cm³/mol. The Bertz CT molecular complexity index is 408. The van der Waals surface area contributed by atoms with E-state index in [-0.39, 0.29) is 18.3 Å². The van der Waals surface area contributed by atoms with Crippen molar-refractivity contribution in [2.75, 3.05) is 13.2 Å². The normalized spacial score (nSPS) is 16.2. The van der Waals surface area contributed by atoms with Crippen LogP contribution in [0.4, 0.5) is 0 Å². The molecule has 0 aromatic heterocycles. The maximum absolute atomic E-state index is 11.9. The van der Waals surface area contributed by atoms with E-state index in [1.54, 1.807) is 0 Å². The molecule has 0 saturated heterocycles. The first kappa shape index (κ1) is 18.0. The predicted octanol–water partition coefficient (Wildman–Crippen LogP) is 2.05. The number of hydrogen-bond acceptors (Lipinski definition) is 3. The zero-order valence-electron chi connectivity index (χ0n) is 12.3. The van der Waals surface area contributed by atoms with Gasteiger partial charge in [0, 0.05) is 6.54 Å². The minimum atomic E-state index is -0.496. The van der Waals surface area contributed by atoms with Crippen LogP contribution in [-0.2, 0) is 16.0 Å². The summed E-state index contributed by atoms with van der Waals surface area (Å²) in [5, 5.41) is 2.84. The van der Waals surface area contributed by atoms with Crippen molar-refractivity contribution in [3.05, 3.63) is 35.9 Å². The lowest BCUT2D eigenvalue weighted by Gasteiger charge is -2.14. The fraction of sp³-hybridized carbons (Fsp3) is 0.562. The van der Waals surface area contributed by atoms with Crippen molar-refractivity contribution in [3.63, 3.8) is 0 Å². The monoisotopic (exact) mass is 312 g/mol. The van der Waals surface area contributed by atoms with E-state index in [4.69, 9.17) is 10.5 Å². The Morgan fingerprint density at radius 2 is 1.95 bits per heavy atom. The smallest absolute Gasteiger partial charge is 0.237 e. The Hall–Kier alpha value is -1.10. The van der Waals surface area contributed by atoms with Gasteiger partial charge in [-0.05, 0) is 24.8 Å². The van der Waals surface area contributed by atoms with Gasteiger partial charge in [-0.25, -0.2) is 0 Å². The summed E-state index contributed by atoms with van der Waals surface area (Å²) in [6, 6.07) is 9.33. The largest absolute Gasteiger partial charge is 0.376 e. The Labute approximate surface area is 132 Å². The van der Waals surface area contributed by atoms with Gasteiger partial charge in [0.05, 0.1) is 18.8 Å². The number of carbonyl (C=O) groups is 1. The van der Waals surface area contributed by atoms with E-state index < -0.39 is 6.04 Å². The molecular formula is C16H25ClN2O2. The van der Waals surface area contributed by atoms with Crippen molar-refractivity contribution in [2.45, 2.75) is 44.2 Å². The molecule has 0 radical (unpaired) electrons. The van der Waals surface area contributed by atoms with Crippen molar-refractivity contribution in [1.29, 1.82) is 0 Å². The van der Waals surface area contributed by atoms with E-state index in [2.05, 4.69) is 5.32 Å². The summed E-state index contributed by atoms with van der Waals surface area (Å²) in [7, 11) is 0. The first-order valence-corrected chi connectivity index (χ1v) is 7.44. The number of amides is 1. The lowest BCUT2D eigenvalue weighted by molar-refractivity contribution is -0.122. The summed E-state index contributed by atoms with van der Waals surface area (Å²) in [5.41, 5.74) is 6.98. The van der Waals surface area contributed by atoms with Crippen molar-refractivity contribution in [1.82, 2.24) is 5.32 Å². The number of hydrogen-bond donors (Lipinski definition) is 2. The van der Waals surface area contributed by atoms with Crippen LogP contribution >= 0.6 is 12.4 Å². The second kappa shape index (κ2) is 9.77. The summed E-state index contributed by atoms with van der Waals surface area (Å²) >= 11 is 0. The molecule has 0 spiro atoms. The van der Waals surface area contributed by atoms with Gasteiger partial charge in [-0.1, -0.05) is 43.2 Å². The van der Waals surface area contributed by atoms with Crippen LogP contribution in [0.2, 0.25) is 0 Å². The zero-order chi connectivity index (χ0) is 14.2. The Morgan fingerprint density at radius 3 is 2.62 bits per heavy atom. The molecule has 1 aromatic carbocycles. The van der Waals surface area contributed by atoms with E-state index in [1.807, 2.05) is 30.3 Å². The molecule has 1 amide bonds. The van der Waals surface area contributed by atoms with Gasteiger partial charge < -0.3 is 15.8 Å². The third-order valence-corrected chi connectivity index (χ3v) is 3.69. The highest BCUT2D eigenvalue weighted by Crippen LogP contribution is 2.20. The summed E-state index contributed by atoms with van der Waals surface area (Å²) in [4.78, 5) is 11.9. The van der Waals surface area contributed by atoms with E-state index in [0.717, 1.165) is 18.4 Å². The van der Waals surface area contributed by atoms with Crippen LogP contribution in [0.1, 0.15) is 31.2 Å². The molecule has 118 valence electrons. The molecule has 0 bridgehead atoms. The Kier molecular flexibility index (Phi) is 8.35. The van der Waals surface area contributed by atoms with E-state index in [0.29, 0.717) is 25.7 Å². The molecule has 1 fully saturated rings. The number of halogens is 1. The minimum Gasteiger partial charge on any atom is -0.376 e. The molecule has 0 aliphatic heterocycles. The third kappa shape index (κ3) is 6.46. The van der Waals surface area contributed by atoms with Gasteiger partial charge in [-0.15, -0.1) is 12.4 Å². The van der Waals surface area contributed by atoms with Crippen molar-refractivity contribution in [3.8, 4) is 0 Å². The van der Waals surface area contributed by atoms with Gasteiger partial charge in [-0.3, -0.25) is 4.79 Å². The highest BCUT2D eigenvalue weighted by Gasteiger charge is 2.16. The Balaban J connectivity index is 0.00000220. The number of rotatable bonds is 7. The van der Waals surface area contributed by atoms with Gasteiger partial charge >= 0.3 is 0 Å². The number of benzene rings is 1. The fourth-order valence-corrected chi connectivity index (χ4v) is 2.55. The van der Waals surface area contributed by atoms with Crippen molar-refractivity contribution >= 4 is 18.3 Å². The molecule has 0 heterocycles. The SMILES string of the molecule is Cl.N[C@@H](Cc1ccccc1)C(=O)NCCOC1CCCC1. The molecule has 3 N–H and O–H groups in total.